The molecule has 0 bridgehead atoms. The molecule has 0 rings (SSSR count). The number of hydrogen-bond donors (Lipinski definition) is 2. The fraction of sp³-hybridized carbons (Fsp3) is 0.960. The van der Waals surface area contributed by atoms with Crippen molar-refractivity contribution in [1.29, 1.82) is 0 Å². The molecule has 0 aromatic heterocycles. The Morgan fingerprint density at radius 3 is 1.66 bits per heavy atom. The number of phosphoric ester groups is 1. The normalized spacial score (nSPS) is 13.2. The molecule has 32 heavy (non-hydrogen) atoms. The molecule has 0 saturated carbocycles. The Kier molecular flexibility index (Phi) is 23.4. The van der Waals surface area contributed by atoms with Crippen LogP contribution in [0.15, 0.2) is 0 Å². The van der Waals surface area contributed by atoms with Crippen molar-refractivity contribution in [3.63, 3.8) is 0 Å². The zero-order valence-corrected chi connectivity index (χ0v) is 22.0. The zero-order valence-electron chi connectivity index (χ0n) is 21.1. The minimum atomic E-state index is -3.84. The predicted octanol–water partition coefficient (Wildman–Crippen LogP) is 7.69. The zero-order chi connectivity index (χ0) is 23.8. The predicted molar refractivity (Wildman–Crippen MR) is 134 cm³/mol. The molecule has 0 fully saturated rings. The van der Waals surface area contributed by atoms with Crippen molar-refractivity contribution in [2.24, 2.45) is 0 Å². The number of amides is 1. The fourth-order valence-corrected chi connectivity index (χ4v) is 4.25. The van der Waals surface area contributed by atoms with E-state index in [0.717, 1.165) is 39.2 Å². The molecular formula is C25H52NO5P. The summed E-state index contributed by atoms with van der Waals surface area (Å²) in [4.78, 5) is 20.9. The SMILES string of the molecule is CCCCCCCCCCCCCCCCCC(=O)NCCCCCCOP(=O)(O)OC. The number of rotatable bonds is 25. The van der Waals surface area contributed by atoms with Crippen LogP contribution in [0.25, 0.3) is 0 Å². The highest BCUT2D eigenvalue weighted by Crippen LogP contribution is 2.41. The molecule has 0 saturated heterocycles. The minimum Gasteiger partial charge on any atom is -0.356 e. The highest BCUT2D eigenvalue weighted by Gasteiger charge is 2.17. The van der Waals surface area contributed by atoms with Crippen LogP contribution in [0.3, 0.4) is 0 Å². The topological polar surface area (TPSA) is 84.9 Å². The van der Waals surface area contributed by atoms with Gasteiger partial charge in [0.05, 0.1) is 6.61 Å². The van der Waals surface area contributed by atoms with Gasteiger partial charge in [0.15, 0.2) is 0 Å². The molecule has 7 heteroatoms. The van der Waals surface area contributed by atoms with E-state index in [4.69, 9.17) is 9.42 Å². The summed E-state index contributed by atoms with van der Waals surface area (Å²) >= 11 is 0. The van der Waals surface area contributed by atoms with Gasteiger partial charge in [0.25, 0.3) is 0 Å². The molecule has 0 aromatic carbocycles. The van der Waals surface area contributed by atoms with Crippen molar-refractivity contribution >= 4 is 13.7 Å². The first kappa shape index (κ1) is 31.6. The molecule has 0 radical (unpaired) electrons. The van der Waals surface area contributed by atoms with Crippen molar-refractivity contribution in [3.8, 4) is 0 Å². The maximum Gasteiger partial charge on any atom is 0.471 e. The quantitative estimate of drug-likeness (QED) is 0.104. The van der Waals surface area contributed by atoms with Crippen molar-refractivity contribution in [2.75, 3.05) is 20.3 Å². The lowest BCUT2D eigenvalue weighted by molar-refractivity contribution is -0.121. The summed E-state index contributed by atoms with van der Waals surface area (Å²) in [6, 6.07) is 0. The average Bonchev–Trinajstić information content (AvgIpc) is 2.78. The van der Waals surface area contributed by atoms with E-state index in [9.17, 15) is 9.36 Å². The van der Waals surface area contributed by atoms with Gasteiger partial charge in [0, 0.05) is 20.1 Å². The maximum absolute atomic E-state index is 11.9. The van der Waals surface area contributed by atoms with Gasteiger partial charge in [-0.15, -0.1) is 0 Å². The Hall–Kier alpha value is -0.420. The van der Waals surface area contributed by atoms with Crippen molar-refractivity contribution in [3.05, 3.63) is 0 Å². The molecule has 1 amide bonds. The van der Waals surface area contributed by atoms with Gasteiger partial charge < -0.3 is 10.2 Å². The average molecular weight is 478 g/mol. The second kappa shape index (κ2) is 23.7. The molecule has 0 aromatic rings. The molecule has 2 N–H and O–H groups in total. The van der Waals surface area contributed by atoms with Gasteiger partial charge in [-0.25, -0.2) is 4.57 Å². The van der Waals surface area contributed by atoms with Crippen molar-refractivity contribution in [2.45, 2.75) is 135 Å². The summed E-state index contributed by atoms with van der Waals surface area (Å²) in [5.41, 5.74) is 0. The molecule has 1 atom stereocenters. The van der Waals surface area contributed by atoms with Crippen LogP contribution in [-0.4, -0.2) is 31.1 Å². The standard InChI is InChI=1S/C25H52NO5P/c1-3-4-5-6-7-8-9-10-11-12-13-14-15-16-19-22-25(27)26-23-20-17-18-21-24-31-32(28,29)30-2/h3-24H2,1-2H3,(H,26,27)(H,28,29). The van der Waals surface area contributed by atoms with Crippen LogP contribution in [0.5, 0.6) is 0 Å². The molecule has 0 aliphatic carbocycles. The van der Waals surface area contributed by atoms with E-state index in [2.05, 4.69) is 16.8 Å². The Balaban J connectivity index is 3.22. The summed E-state index contributed by atoms with van der Waals surface area (Å²) in [6.07, 6.45) is 24.2. The Bertz CT molecular complexity index is 462. The summed E-state index contributed by atoms with van der Waals surface area (Å²) in [7, 11) is -2.68. The number of carbonyl (C=O) groups is 1. The fourth-order valence-electron chi connectivity index (χ4n) is 3.79. The second-order valence-corrected chi connectivity index (χ2v) is 10.5. The summed E-state index contributed by atoms with van der Waals surface area (Å²) in [6.45, 7) is 3.19. The number of phosphoric acid groups is 1. The summed E-state index contributed by atoms with van der Waals surface area (Å²) in [5.74, 6) is 0.157. The number of hydrogen-bond acceptors (Lipinski definition) is 4. The third-order valence-corrected chi connectivity index (χ3v) is 6.86. The van der Waals surface area contributed by atoms with Crippen LogP contribution < -0.4 is 5.32 Å². The first-order valence-electron chi connectivity index (χ1n) is 13.3. The second-order valence-electron chi connectivity index (χ2n) is 8.95. The van der Waals surface area contributed by atoms with Gasteiger partial charge in [0.2, 0.25) is 5.91 Å². The van der Waals surface area contributed by atoms with E-state index >= 15 is 0 Å². The lowest BCUT2D eigenvalue weighted by Crippen LogP contribution is -2.23. The molecule has 192 valence electrons. The molecule has 0 aliphatic heterocycles. The van der Waals surface area contributed by atoms with E-state index in [0.29, 0.717) is 19.4 Å². The van der Waals surface area contributed by atoms with E-state index in [1.807, 2.05) is 0 Å². The number of unbranched alkanes of at least 4 members (excludes halogenated alkanes) is 17. The lowest BCUT2D eigenvalue weighted by Gasteiger charge is -2.09. The van der Waals surface area contributed by atoms with Gasteiger partial charge in [0.1, 0.15) is 0 Å². The maximum atomic E-state index is 11.9. The molecular weight excluding hydrogens is 425 g/mol. The number of nitrogens with one attached hydrogen (secondary N) is 1. The van der Waals surface area contributed by atoms with Gasteiger partial charge >= 0.3 is 7.82 Å². The molecule has 0 heterocycles. The third kappa shape index (κ3) is 24.2. The van der Waals surface area contributed by atoms with Gasteiger partial charge in [-0.3, -0.25) is 13.8 Å². The largest absolute Gasteiger partial charge is 0.471 e. The number of carbonyl (C=O) groups excluding carboxylic acids is 1. The Labute approximate surface area is 198 Å². The lowest BCUT2D eigenvalue weighted by atomic mass is 10.0. The van der Waals surface area contributed by atoms with Crippen LogP contribution in [0.2, 0.25) is 0 Å². The summed E-state index contributed by atoms with van der Waals surface area (Å²) < 4.78 is 20.2. The molecule has 6 nitrogen and oxygen atoms in total. The monoisotopic (exact) mass is 477 g/mol. The van der Waals surface area contributed by atoms with Gasteiger partial charge in [-0.2, -0.15) is 0 Å². The van der Waals surface area contributed by atoms with Crippen LogP contribution in [-0.2, 0) is 18.4 Å². The molecule has 0 spiro atoms. The van der Waals surface area contributed by atoms with Crippen LogP contribution in [0, 0.1) is 0 Å². The van der Waals surface area contributed by atoms with Gasteiger partial charge in [-0.05, 0) is 19.3 Å². The van der Waals surface area contributed by atoms with Crippen molar-refractivity contribution in [1.82, 2.24) is 5.32 Å². The van der Waals surface area contributed by atoms with E-state index in [-0.39, 0.29) is 12.5 Å². The van der Waals surface area contributed by atoms with Crippen LogP contribution in [0.1, 0.15) is 135 Å². The van der Waals surface area contributed by atoms with E-state index < -0.39 is 7.82 Å². The third-order valence-electron chi connectivity index (χ3n) is 5.89. The van der Waals surface area contributed by atoms with Crippen molar-refractivity contribution < 1.29 is 23.3 Å². The minimum absolute atomic E-state index is 0.157. The van der Waals surface area contributed by atoms with E-state index in [1.54, 1.807) is 0 Å². The first-order chi connectivity index (χ1) is 15.5. The highest BCUT2D eigenvalue weighted by molar-refractivity contribution is 7.47. The first-order valence-corrected chi connectivity index (χ1v) is 14.8. The Morgan fingerprint density at radius 2 is 1.16 bits per heavy atom. The van der Waals surface area contributed by atoms with Crippen LogP contribution >= 0.6 is 7.82 Å². The van der Waals surface area contributed by atoms with Crippen LogP contribution in [0.4, 0.5) is 0 Å². The highest BCUT2D eigenvalue weighted by atomic mass is 31.2. The Morgan fingerprint density at radius 1 is 0.719 bits per heavy atom. The molecule has 1 unspecified atom stereocenters. The summed E-state index contributed by atoms with van der Waals surface area (Å²) in [5, 5.41) is 2.98. The van der Waals surface area contributed by atoms with E-state index in [1.165, 1.54) is 83.5 Å². The molecule has 0 aliphatic rings. The smallest absolute Gasteiger partial charge is 0.356 e. The van der Waals surface area contributed by atoms with Gasteiger partial charge in [-0.1, -0.05) is 110 Å².